The number of nitrogens with zero attached hydrogens (tertiary/aromatic N) is 1. The Kier molecular flexibility index (Phi) is 11.4. The molecule has 0 spiro atoms. The van der Waals surface area contributed by atoms with Crippen LogP contribution in [0.1, 0.15) is 39.9 Å². The number of phenolic OH excluding ortho intramolecular Hbond substituents is 1. The SMILES string of the molecule is Cc1ccc(OCCNC(=O)[C@@H]2CCC(=O)N[C@@H](Cc3ccc(O)cc3)C(=O)N(C)CCOc3ccccc3C(=O)N2)c(C)c1. The van der Waals surface area contributed by atoms with Crippen molar-refractivity contribution in [3.63, 3.8) is 0 Å². The van der Waals surface area contributed by atoms with Crippen molar-refractivity contribution in [1.82, 2.24) is 20.9 Å². The number of para-hydroxylation sites is 1. The maximum absolute atomic E-state index is 13.4. The zero-order valence-electron chi connectivity index (χ0n) is 25.8. The van der Waals surface area contributed by atoms with Crippen molar-refractivity contribution < 1.29 is 33.8 Å². The number of ether oxygens (including phenoxy) is 2. The van der Waals surface area contributed by atoms with Crippen LogP contribution in [0, 0.1) is 13.8 Å². The summed E-state index contributed by atoms with van der Waals surface area (Å²) in [5, 5.41) is 18.0. The maximum atomic E-state index is 13.4. The Morgan fingerprint density at radius 2 is 1.80 bits per heavy atom. The van der Waals surface area contributed by atoms with Crippen molar-refractivity contribution in [1.29, 1.82) is 0 Å². The second-order valence-corrected chi connectivity index (χ2v) is 11.1. The molecule has 4 amide bonds. The van der Waals surface area contributed by atoms with E-state index in [1.165, 1.54) is 17.0 Å². The molecule has 45 heavy (non-hydrogen) atoms. The molecule has 0 radical (unpaired) electrons. The van der Waals surface area contributed by atoms with Crippen LogP contribution in [0.5, 0.6) is 17.2 Å². The minimum atomic E-state index is -1.04. The molecule has 1 heterocycles. The van der Waals surface area contributed by atoms with Crippen LogP contribution in [0.2, 0.25) is 0 Å². The third-order valence-corrected chi connectivity index (χ3v) is 7.47. The molecule has 1 aliphatic heterocycles. The highest BCUT2D eigenvalue weighted by molar-refractivity contribution is 5.99. The summed E-state index contributed by atoms with van der Waals surface area (Å²) in [5.74, 6) is -0.655. The molecule has 0 saturated carbocycles. The summed E-state index contributed by atoms with van der Waals surface area (Å²) in [7, 11) is 1.61. The first-order valence-electron chi connectivity index (χ1n) is 14.9. The summed E-state index contributed by atoms with van der Waals surface area (Å²) in [5.41, 5.74) is 3.07. The fourth-order valence-corrected chi connectivity index (χ4v) is 4.98. The topological polar surface area (TPSA) is 146 Å². The van der Waals surface area contributed by atoms with Gasteiger partial charge in [0, 0.05) is 19.9 Å². The van der Waals surface area contributed by atoms with E-state index in [0.717, 1.165) is 16.7 Å². The lowest BCUT2D eigenvalue weighted by atomic mass is 10.0. The van der Waals surface area contributed by atoms with Crippen molar-refractivity contribution >= 4 is 23.6 Å². The normalized spacial score (nSPS) is 17.9. The maximum Gasteiger partial charge on any atom is 0.255 e. The molecule has 3 aromatic rings. The second kappa shape index (κ2) is 15.6. The molecule has 11 heteroatoms. The van der Waals surface area contributed by atoms with E-state index < -0.39 is 29.8 Å². The van der Waals surface area contributed by atoms with Crippen LogP contribution in [-0.4, -0.2) is 79.1 Å². The molecule has 0 fully saturated rings. The lowest BCUT2D eigenvalue weighted by Crippen LogP contribution is -2.50. The van der Waals surface area contributed by atoms with Crippen LogP contribution < -0.4 is 25.4 Å². The van der Waals surface area contributed by atoms with E-state index in [1.54, 1.807) is 43.4 Å². The number of rotatable bonds is 7. The summed E-state index contributed by atoms with van der Waals surface area (Å²) in [6.45, 7) is 4.63. The lowest BCUT2D eigenvalue weighted by molar-refractivity contribution is -0.135. The number of likely N-dealkylation sites (N-methyl/N-ethyl adjacent to an activating group) is 1. The Morgan fingerprint density at radius 1 is 1.04 bits per heavy atom. The highest BCUT2D eigenvalue weighted by Crippen LogP contribution is 2.20. The van der Waals surface area contributed by atoms with Gasteiger partial charge in [0.2, 0.25) is 17.7 Å². The Bertz CT molecular complexity index is 1510. The van der Waals surface area contributed by atoms with Crippen molar-refractivity contribution in [3.05, 3.63) is 89.0 Å². The van der Waals surface area contributed by atoms with Gasteiger partial charge in [-0.15, -0.1) is 0 Å². The van der Waals surface area contributed by atoms with E-state index in [9.17, 15) is 24.3 Å². The van der Waals surface area contributed by atoms with Gasteiger partial charge in [-0.2, -0.15) is 0 Å². The van der Waals surface area contributed by atoms with Gasteiger partial charge in [0.05, 0.1) is 18.7 Å². The van der Waals surface area contributed by atoms with Gasteiger partial charge in [0.1, 0.15) is 42.5 Å². The van der Waals surface area contributed by atoms with E-state index in [4.69, 9.17) is 9.47 Å². The Hall–Kier alpha value is -5.06. The molecular weight excluding hydrogens is 576 g/mol. The van der Waals surface area contributed by atoms with E-state index >= 15 is 0 Å². The number of carbonyl (C=O) groups excluding carboxylic acids is 4. The molecule has 2 atom stereocenters. The molecule has 0 bridgehead atoms. The van der Waals surface area contributed by atoms with Gasteiger partial charge >= 0.3 is 0 Å². The third-order valence-electron chi connectivity index (χ3n) is 7.47. The Labute approximate surface area is 262 Å². The van der Waals surface area contributed by atoms with Gasteiger partial charge in [-0.05, 0) is 61.7 Å². The number of fused-ring (bicyclic) bond motifs is 1. The van der Waals surface area contributed by atoms with Crippen molar-refractivity contribution in [2.24, 2.45) is 0 Å². The van der Waals surface area contributed by atoms with Crippen molar-refractivity contribution in [3.8, 4) is 17.2 Å². The number of carbonyl (C=O) groups is 4. The number of benzene rings is 3. The van der Waals surface area contributed by atoms with E-state index in [-0.39, 0.29) is 62.8 Å². The van der Waals surface area contributed by atoms with Crippen LogP contribution in [0.4, 0.5) is 0 Å². The van der Waals surface area contributed by atoms with Crippen LogP contribution in [0.15, 0.2) is 66.7 Å². The monoisotopic (exact) mass is 616 g/mol. The number of aryl methyl sites for hydroxylation is 2. The van der Waals surface area contributed by atoms with E-state index in [2.05, 4.69) is 16.0 Å². The van der Waals surface area contributed by atoms with Gasteiger partial charge in [0.15, 0.2) is 0 Å². The molecule has 4 N–H and O–H groups in total. The first-order chi connectivity index (χ1) is 21.6. The summed E-state index contributed by atoms with van der Waals surface area (Å²) in [4.78, 5) is 54.6. The summed E-state index contributed by atoms with van der Waals surface area (Å²) in [6, 6.07) is 16.9. The van der Waals surface area contributed by atoms with Gasteiger partial charge < -0.3 is 35.4 Å². The zero-order chi connectivity index (χ0) is 32.3. The van der Waals surface area contributed by atoms with Crippen LogP contribution >= 0.6 is 0 Å². The third kappa shape index (κ3) is 9.46. The highest BCUT2D eigenvalue weighted by atomic mass is 16.5. The largest absolute Gasteiger partial charge is 0.508 e. The second-order valence-electron chi connectivity index (χ2n) is 11.1. The smallest absolute Gasteiger partial charge is 0.255 e. The lowest BCUT2D eigenvalue weighted by Gasteiger charge is -2.25. The minimum Gasteiger partial charge on any atom is -0.508 e. The molecule has 3 aromatic carbocycles. The van der Waals surface area contributed by atoms with E-state index in [1.807, 2.05) is 32.0 Å². The first-order valence-corrected chi connectivity index (χ1v) is 14.9. The molecule has 1 aliphatic rings. The number of nitrogens with one attached hydrogen (secondary N) is 3. The summed E-state index contributed by atoms with van der Waals surface area (Å²) in [6.07, 6.45) is 0.0545. The average Bonchev–Trinajstić information content (AvgIpc) is 3.02. The van der Waals surface area contributed by atoms with E-state index in [0.29, 0.717) is 11.5 Å². The number of aromatic hydroxyl groups is 1. The molecule has 0 unspecified atom stereocenters. The van der Waals surface area contributed by atoms with Crippen molar-refractivity contribution in [2.75, 3.05) is 33.4 Å². The number of hydrogen-bond acceptors (Lipinski definition) is 7. The molecule has 0 aliphatic carbocycles. The number of amides is 4. The molecule has 0 saturated heterocycles. The number of phenols is 1. The molecule has 11 nitrogen and oxygen atoms in total. The van der Waals surface area contributed by atoms with Crippen LogP contribution in [0.25, 0.3) is 0 Å². The van der Waals surface area contributed by atoms with Gasteiger partial charge in [-0.1, -0.05) is 42.0 Å². The van der Waals surface area contributed by atoms with Gasteiger partial charge in [0.25, 0.3) is 5.91 Å². The predicted molar refractivity (Wildman–Crippen MR) is 168 cm³/mol. The van der Waals surface area contributed by atoms with Gasteiger partial charge in [-0.25, -0.2) is 0 Å². The summed E-state index contributed by atoms with van der Waals surface area (Å²) < 4.78 is 11.7. The average molecular weight is 617 g/mol. The molecule has 4 rings (SSSR count). The van der Waals surface area contributed by atoms with Crippen LogP contribution in [0.3, 0.4) is 0 Å². The predicted octanol–water partition coefficient (Wildman–Crippen LogP) is 2.66. The first kappa shape index (κ1) is 32.8. The summed E-state index contributed by atoms with van der Waals surface area (Å²) >= 11 is 0. The quantitative estimate of drug-likeness (QED) is 0.299. The molecular formula is C34H40N4O7. The minimum absolute atomic E-state index is 0.0136. The molecule has 238 valence electrons. The molecule has 0 aromatic heterocycles. The van der Waals surface area contributed by atoms with Gasteiger partial charge in [-0.3, -0.25) is 19.2 Å². The standard InChI is InChI=1S/C34H40N4O7/c1-22-8-14-29(23(2)20-22)44-18-16-35-33(42)27-13-15-31(40)36-28(21-24-9-11-25(39)12-10-24)34(43)38(3)17-19-45-30-7-5-4-6-26(30)32(41)37-27/h4-12,14,20,27-28,39H,13,15-19,21H2,1-3H3,(H,35,42)(H,36,40)(H,37,41)/t27-,28-/m0/s1. The van der Waals surface area contributed by atoms with Crippen molar-refractivity contribution in [2.45, 2.75) is 45.2 Å². The highest BCUT2D eigenvalue weighted by Gasteiger charge is 2.28. The Balaban J connectivity index is 1.49. The van der Waals surface area contributed by atoms with Crippen LogP contribution in [-0.2, 0) is 20.8 Å². The zero-order valence-corrected chi connectivity index (χ0v) is 25.8. The Morgan fingerprint density at radius 3 is 2.56 bits per heavy atom. The fraction of sp³-hybridized carbons (Fsp3) is 0.353. The number of hydrogen-bond donors (Lipinski definition) is 4. The fourth-order valence-electron chi connectivity index (χ4n) is 4.98.